The number of carbonyl (C=O) groups is 1. The van der Waals surface area contributed by atoms with E-state index in [1.165, 1.54) is 5.56 Å². The van der Waals surface area contributed by atoms with Gasteiger partial charge in [0.25, 0.3) is 5.91 Å². The van der Waals surface area contributed by atoms with E-state index >= 15 is 0 Å². The maximum absolute atomic E-state index is 12.6. The molecule has 2 atom stereocenters. The van der Waals surface area contributed by atoms with Crippen LogP contribution < -0.4 is 0 Å². The number of hydrogen-bond acceptors (Lipinski definition) is 5. The number of hydrogen-bond donors (Lipinski definition) is 0. The number of rotatable bonds is 3. The standard InChI is InChI=1S/C18H24N4O3/c1-20-10-14(9-19-20)11-21-5-4-15-12-22(6-8-25-17(15)13-21)18(23)16-3-2-7-24-16/h2-3,7,9-10,15,17H,4-6,8,11-13H2,1H3/t15-,17-/m1/s1. The lowest BCUT2D eigenvalue weighted by atomic mass is 9.93. The Kier molecular flexibility index (Phi) is 4.59. The number of nitrogens with zero attached hydrogens (tertiary/aromatic N) is 4. The van der Waals surface area contributed by atoms with E-state index in [0.717, 1.165) is 32.6 Å². The summed E-state index contributed by atoms with van der Waals surface area (Å²) in [6.07, 6.45) is 6.74. The summed E-state index contributed by atoms with van der Waals surface area (Å²) in [7, 11) is 1.94. The fourth-order valence-corrected chi connectivity index (χ4v) is 3.81. The van der Waals surface area contributed by atoms with Gasteiger partial charge in [-0.1, -0.05) is 0 Å². The number of likely N-dealkylation sites (tertiary alicyclic amines) is 1. The topological polar surface area (TPSA) is 63.7 Å². The molecule has 2 aromatic rings. The molecule has 7 heteroatoms. The molecule has 4 rings (SSSR count). The van der Waals surface area contributed by atoms with Crippen LogP contribution >= 0.6 is 0 Å². The number of aromatic nitrogens is 2. The van der Waals surface area contributed by atoms with Gasteiger partial charge in [0.2, 0.25) is 0 Å². The minimum atomic E-state index is -0.0351. The van der Waals surface area contributed by atoms with Gasteiger partial charge in [0.1, 0.15) is 0 Å². The Morgan fingerprint density at radius 1 is 1.36 bits per heavy atom. The quantitative estimate of drug-likeness (QED) is 0.842. The monoisotopic (exact) mass is 344 g/mol. The molecule has 0 unspecified atom stereocenters. The number of fused-ring (bicyclic) bond motifs is 1. The molecule has 134 valence electrons. The molecule has 7 nitrogen and oxygen atoms in total. The highest BCUT2D eigenvalue weighted by atomic mass is 16.5. The number of carbonyl (C=O) groups excluding carboxylic acids is 1. The molecule has 2 aromatic heterocycles. The van der Waals surface area contributed by atoms with Gasteiger partial charge in [0.05, 0.1) is 25.2 Å². The Bertz CT molecular complexity index is 712. The molecule has 1 amide bonds. The van der Waals surface area contributed by atoms with Crippen molar-refractivity contribution < 1.29 is 13.9 Å². The largest absolute Gasteiger partial charge is 0.459 e. The van der Waals surface area contributed by atoms with Crippen LogP contribution in [-0.4, -0.2) is 64.4 Å². The molecule has 2 saturated heterocycles. The van der Waals surface area contributed by atoms with Gasteiger partial charge < -0.3 is 14.1 Å². The number of amides is 1. The zero-order chi connectivity index (χ0) is 17.2. The SMILES string of the molecule is Cn1cc(CN2CC[C@@H]3CN(C(=O)c4ccco4)CCO[C@@H]3C2)cn1. The Balaban J connectivity index is 1.37. The summed E-state index contributed by atoms with van der Waals surface area (Å²) < 4.78 is 13.2. The third-order valence-corrected chi connectivity index (χ3v) is 5.11. The van der Waals surface area contributed by atoms with E-state index < -0.39 is 0 Å². The molecule has 0 N–H and O–H groups in total. The first-order valence-electron chi connectivity index (χ1n) is 8.83. The number of aryl methyl sites for hydroxylation is 1. The van der Waals surface area contributed by atoms with Gasteiger partial charge in [-0.3, -0.25) is 14.4 Å². The summed E-state index contributed by atoms with van der Waals surface area (Å²) >= 11 is 0. The molecule has 2 aliphatic rings. The van der Waals surface area contributed by atoms with Crippen molar-refractivity contribution in [2.75, 3.05) is 32.8 Å². The summed E-state index contributed by atoms with van der Waals surface area (Å²) in [5.74, 6) is 0.756. The van der Waals surface area contributed by atoms with Crippen molar-refractivity contribution in [3.05, 3.63) is 42.1 Å². The average Bonchev–Trinajstić information content (AvgIpc) is 3.22. The number of ether oxygens (including phenoxy) is 1. The van der Waals surface area contributed by atoms with Crippen molar-refractivity contribution in [1.82, 2.24) is 19.6 Å². The van der Waals surface area contributed by atoms with E-state index in [0.29, 0.717) is 24.8 Å². The predicted octanol–water partition coefficient (Wildman–Crippen LogP) is 1.38. The van der Waals surface area contributed by atoms with Gasteiger partial charge in [-0.25, -0.2) is 0 Å². The van der Waals surface area contributed by atoms with Gasteiger partial charge in [-0.05, 0) is 25.1 Å². The number of piperidine rings is 1. The maximum atomic E-state index is 12.6. The van der Waals surface area contributed by atoms with E-state index in [2.05, 4.69) is 16.2 Å². The van der Waals surface area contributed by atoms with E-state index in [1.807, 2.05) is 22.8 Å². The van der Waals surface area contributed by atoms with Crippen molar-refractivity contribution in [3.63, 3.8) is 0 Å². The molecular formula is C18H24N4O3. The van der Waals surface area contributed by atoms with E-state index in [-0.39, 0.29) is 12.0 Å². The first kappa shape index (κ1) is 16.4. The second-order valence-corrected chi connectivity index (χ2v) is 6.94. The smallest absolute Gasteiger partial charge is 0.289 e. The first-order chi connectivity index (χ1) is 12.2. The molecule has 0 aliphatic carbocycles. The van der Waals surface area contributed by atoms with Crippen LogP contribution in [0.1, 0.15) is 22.5 Å². The van der Waals surface area contributed by atoms with Crippen LogP contribution in [-0.2, 0) is 18.3 Å². The van der Waals surface area contributed by atoms with E-state index in [1.54, 1.807) is 18.4 Å². The van der Waals surface area contributed by atoms with Crippen molar-refractivity contribution in [2.45, 2.75) is 19.1 Å². The molecule has 4 heterocycles. The van der Waals surface area contributed by atoms with Gasteiger partial charge in [-0.2, -0.15) is 5.10 Å². The summed E-state index contributed by atoms with van der Waals surface area (Å²) in [6.45, 7) is 4.76. The molecule has 0 saturated carbocycles. The summed E-state index contributed by atoms with van der Waals surface area (Å²) in [5.41, 5.74) is 1.23. The first-order valence-corrected chi connectivity index (χ1v) is 8.83. The average molecular weight is 344 g/mol. The Hall–Kier alpha value is -2.12. The Labute approximate surface area is 147 Å². The molecule has 0 spiro atoms. The van der Waals surface area contributed by atoms with Crippen molar-refractivity contribution in [3.8, 4) is 0 Å². The van der Waals surface area contributed by atoms with Crippen molar-refractivity contribution >= 4 is 5.91 Å². The minimum absolute atomic E-state index is 0.0351. The van der Waals surface area contributed by atoms with Crippen LogP contribution in [0.15, 0.2) is 35.2 Å². The lowest BCUT2D eigenvalue weighted by Crippen LogP contribution is -2.47. The van der Waals surface area contributed by atoms with Crippen molar-refractivity contribution in [1.29, 1.82) is 0 Å². The van der Waals surface area contributed by atoms with Gasteiger partial charge in [0.15, 0.2) is 5.76 Å². The summed E-state index contributed by atoms with van der Waals surface area (Å²) in [6, 6.07) is 3.48. The highest BCUT2D eigenvalue weighted by molar-refractivity contribution is 5.91. The maximum Gasteiger partial charge on any atom is 0.289 e. The molecule has 0 aromatic carbocycles. The minimum Gasteiger partial charge on any atom is -0.459 e. The van der Waals surface area contributed by atoms with Crippen LogP contribution in [0.25, 0.3) is 0 Å². The third-order valence-electron chi connectivity index (χ3n) is 5.11. The molecule has 25 heavy (non-hydrogen) atoms. The molecule has 2 fully saturated rings. The van der Waals surface area contributed by atoms with Gasteiger partial charge in [-0.15, -0.1) is 0 Å². The predicted molar refractivity (Wildman–Crippen MR) is 90.9 cm³/mol. The Morgan fingerprint density at radius 2 is 2.28 bits per heavy atom. The highest BCUT2D eigenvalue weighted by Gasteiger charge is 2.35. The molecule has 0 radical (unpaired) electrons. The zero-order valence-electron chi connectivity index (χ0n) is 14.5. The van der Waals surface area contributed by atoms with Crippen LogP contribution in [0.5, 0.6) is 0 Å². The third kappa shape index (κ3) is 3.62. The zero-order valence-corrected chi connectivity index (χ0v) is 14.5. The van der Waals surface area contributed by atoms with Crippen LogP contribution in [0, 0.1) is 5.92 Å². The van der Waals surface area contributed by atoms with Crippen molar-refractivity contribution in [2.24, 2.45) is 13.0 Å². The molecule has 2 aliphatic heterocycles. The lowest BCUT2D eigenvalue weighted by molar-refractivity contribution is -0.0241. The molecule has 0 bridgehead atoms. The molecular weight excluding hydrogens is 320 g/mol. The fourth-order valence-electron chi connectivity index (χ4n) is 3.81. The van der Waals surface area contributed by atoms with Gasteiger partial charge >= 0.3 is 0 Å². The highest BCUT2D eigenvalue weighted by Crippen LogP contribution is 2.26. The lowest BCUT2D eigenvalue weighted by Gasteiger charge is -2.37. The summed E-state index contributed by atoms with van der Waals surface area (Å²) in [5, 5.41) is 4.24. The fraction of sp³-hybridized carbons (Fsp3) is 0.556. The van der Waals surface area contributed by atoms with E-state index in [9.17, 15) is 4.79 Å². The second kappa shape index (κ2) is 7.01. The normalized spacial score (nSPS) is 24.8. The van der Waals surface area contributed by atoms with E-state index in [4.69, 9.17) is 9.15 Å². The van der Waals surface area contributed by atoms with Gasteiger partial charge in [0, 0.05) is 50.9 Å². The number of furan rings is 1. The Morgan fingerprint density at radius 3 is 3.04 bits per heavy atom. The van der Waals surface area contributed by atoms with Crippen LogP contribution in [0.4, 0.5) is 0 Å². The second-order valence-electron chi connectivity index (χ2n) is 6.94. The summed E-state index contributed by atoms with van der Waals surface area (Å²) in [4.78, 5) is 16.8. The van der Waals surface area contributed by atoms with Crippen LogP contribution in [0.2, 0.25) is 0 Å². The van der Waals surface area contributed by atoms with Crippen LogP contribution in [0.3, 0.4) is 0 Å².